The van der Waals surface area contributed by atoms with Crippen molar-refractivity contribution in [2.75, 3.05) is 25.1 Å². The molecule has 2 aliphatic rings. The fraction of sp³-hybridized carbons (Fsp3) is 0.571. The molecule has 0 aliphatic carbocycles. The van der Waals surface area contributed by atoms with Crippen LogP contribution in [-0.4, -0.2) is 47.6 Å². The summed E-state index contributed by atoms with van der Waals surface area (Å²) in [5, 5.41) is 3.79. The summed E-state index contributed by atoms with van der Waals surface area (Å²) in [7, 11) is 0. The van der Waals surface area contributed by atoms with Crippen molar-refractivity contribution in [1.29, 1.82) is 0 Å². The molecule has 0 unspecified atom stereocenters. The molecule has 1 atom stereocenters. The number of carbonyl (C=O) groups excluding carboxylic acids is 1. The van der Waals surface area contributed by atoms with E-state index < -0.39 is 0 Å². The molecule has 1 amide bonds. The van der Waals surface area contributed by atoms with E-state index in [9.17, 15) is 4.79 Å². The van der Waals surface area contributed by atoms with Crippen LogP contribution in [0.3, 0.4) is 0 Å². The van der Waals surface area contributed by atoms with E-state index in [1.807, 2.05) is 4.90 Å². The van der Waals surface area contributed by atoms with Gasteiger partial charge in [-0.3, -0.25) is 4.79 Å². The van der Waals surface area contributed by atoms with Crippen LogP contribution >= 0.6 is 11.6 Å². The van der Waals surface area contributed by atoms with E-state index in [1.165, 1.54) is 0 Å². The SMILES string of the molecule is O=C1[C@H](Nc2ccc(Cl)cn2)CCN1C1CCOCC1. The average molecular weight is 296 g/mol. The largest absolute Gasteiger partial charge is 0.381 e. The number of nitrogens with one attached hydrogen (secondary N) is 1. The number of aromatic nitrogens is 1. The summed E-state index contributed by atoms with van der Waals surface area (Å²) >= 11 is 5.80. The second-order valence-electron chi connectivity index (χ2n) is 5.22. The first kappa shape index (κ1) is 13.6. The van der Waals surface area contributed by atoms with Gasteiger partial charge in [-0.1, -0.05) is 11.6 Å². The number of ether oxygens (including phenoxy) is 1. The highest BCUT2D eigenvalue weighted by Gasteiger charge is 2.36. The first-order valence-electron chi connectivity index (χ1n) is 7.00. The van der Waals surface area contributed by atoms with Crippen molar-refractivity contribution in [3.05, 3.63) is 23.4 Å². The van der Waals surface area contributed by atoms with E-state index in [2.05, 4.69) is 10.3 Å². The molecule has 2 fully saturated rings. The van der Waals surface area contributed by atoms with Crippen molar-refractivity contribution in [1.82, 2.24) is 9.88 Å². The van der Waals surface area contributed by atoms with E-state index >= 15 is 0 Å². The fourth-order valence-electron chi connectivity index (χ4n) is 2.83. The van der Waals surface area contributed by atoms with Crippen molar-refractivity contribution < 1.29 is 9.53 Å². The zero-order valence-electron chi connectivity index (χ0n) is 11.2. The van der Waals surface area contributed by atoms with Crippen LogP contribution in [0.5, 0.6) is 0 Å². The lowest BCUT2D eigenvalue weighted by molar-refractivity contribution is -0.131. The summed E-state index contributed by atoms with van der Waals surface area (Å²) in [5.41, 5.74) is 0. The number of halogens is 1. The van der Waals surface area contributed by atoms with Gasteiger partial charge in [-0.05, 0) is 31.4 Å². The number of amides is 1. The van der Waals surface area contributed by atoms with Gasteiger partial charge in [-0.2, -0.15) is 0 Å². The van der Waals surface area contributed by atoms with Crippen molar-refractivity contribution in [3.8, 4) is 0 Å². The van der Waals surface area contributed by atoms with Crippen LogP contribution in [0, 0.1) is 0 Å². The highest BCUT2D eigenvalue weighted by molar-refractivity contribution is 6.30. The Morgan fingerprint density at radius 2 is 2.10 bits per heavy atom. The minimum absolute atomic E-state index is 0.175. The summed E-state index contributed by atoms with van der Waals surface area (Å²) in [5.74, 6) is 0.871. The Hall–Kier alpha value is -1.33. The second kappa shape index (κ2) is 5.97. The molecular weight excluding hydrogens is 278 g/mol. The minimum atomic E-state index is -0.175. The van der Waals surface area contributed by atoms with Crippen molar-refractivity contribution in [2.45, 2.75) is 31.3 Å². The van der Waals surface area contributed by atoms with Gasteiger partial charge in [0.2, 0.25) is 5.91 Å². The second-order valence-corrected chi connectivity index (χ2v) is 5.66. The zero-order chi connectivity index (χ0) is 13.9. The molecule has 5 nitrogen and oxygen atoms in total. The Labute approximate surface area is 123 Å². The minimum Gasteiger partial charge on any atom is -0.381 e. The van der Waals surface area contributed by atoms with Gasteiger partial charge in [0.1, 0.15) is 11.9 Å². The van der Waals surface area contributed by atoms with Crippen LogP contribution in [-0.2, 0) is 9.53 Å². The van der Waals surface area contributed by atoms with E-state index in [-0.39, 0.29) is 11.9 Å². The number of anilines is 1. The van der Waals surface area contributed by atoms with Gasteiger partial charge in [-0.15, -0.1) is 0 Å². The van der Waals surface area contributed by atoms with E-state index in [0.717, 1.165) is 39.0 Å². The highest BCUT2D eigenvalue weighted by Crippen LogP contribution is 2.23. The molecule has 3 heterocycles. The molecule has 2 saturated heterocycles. The maximum absolute atomic E-state index is 12.4. The fourth-order valence-corrected chi connectivity index (χ4v) is 2.95. The van der Waals surface area contributed by atoms with Crippen LogP contribution in [0.4, 0.5) is 5.82 Å². The smallest absolute Gasteiger partial charge is 0.245 e. The van der Waals surface area contributed by atoms with Crippen LogP contribution in [0.25, 0.3) is 0 Å². The molecule has 0 spiro atoms. The van der Waals surface area contributed by atoms with Crippen molar-refractivity contribution in [3.63, 3.8) is 0 Å². The Morgan fingerprint density at radius 1 is 1.30 bits per heavy atom. The lowest BCUT2D eigenvalue weighted by Gasteiger charge is -2.31. The van der Waals surface area contributed by atoms with Gasteiger partial charge in [0.25, 0.3) is 0 Å². The molecule has 108 valence electrons. The molecule has 1 N–H and O–H groups in total. The normalized spacial score (nSPS) is 24.1. The Balaban J connectivity index is 1.61. The summed E-state index contributed by atoms with van der Waals surface area (Å²) in [6, 6.07) is 3.73. The van der Waals surface area contributed by atoms with E-state index in [0.29, 0.717) is 16.9 Å². The number of likely N-dealkylation sites (tertiary alicyclic amines) is 1. The van der Waals surface area contributed by atoms with E-state index in [1.54, 1.807) is 18.3 Å². The average Bonchev–Trinajstić information content (AvgIpc) is 2.84. The number of nitrogens with zero attached hydrogens (tertiary/aromatic N) is 2. The molecule has 1 aromatic heterocycles. The van der Waals surface area contributed by atoms with Crippen LogP contribution in [0.1, 0.15) is 19.3 Å². The van der Waals surface area contributed by atoms with Gasteiger partial charge in [-0.25, -0.2) is 4.98 Å². The predicted molar refractivity (Wildman–Crippen MR) is 76.8 cm³/mol. The molecule has 20 heavy (non-hydrogen) atoms. The van der Waals surface area contributed by atoms with Gasteiger partial charge in [0.05, 0.1) is 5.02 Å². The molecular formula is C14H18ClN3O2. The van der Waals surface area contributed by atoms with Crippen LogP contribution in [0.15, 0.2) is 18.3 Å². The maximum Gasteiger partial charge on any atom is 0.245 e. The maximum atomic E-state index is 12.4. The first-order chi connectivity index (χ1) is 9.74. The predicted octanol–water partition coefficient (Wildman–Crippen LogP) is 1.93. The van der Waals surface area contributed by atoms with E-state index in [4.69, 9.17) is 16.3 Å². The molecule has 0 aromatic carbocycles. The van der Waals surface area contributed by atoms with Gasteiger partial charge < -0.3 is 15.0 Å². The molecule has 2 aliphatic heterocycles. The standard InChI is InChI=1S/C14H18ClN3O2/c15-10-1-2-13(16-9-10)17-12-3-6-18(14(12)19)11-4-7-20-8-5-11/h1-2,9,11-12H,3-8H2,(H,16,17)/t12-/m1/s1. The number of pyridine rings is 1. The highest BCUT2D eigenvalue weighted by atomic mass is 35.5. The summed E-state index contributed by atoms with van der Waals surface area (Å²) < 4.78 is 5.35. The summed E-state index contributed by atoms with van der Waals surface area (Å²) in [4.78, 5) is 18.6. The van der Waals surface area contributed by atoms with Crippen LogP contribution in [0.2, 0.25) is 5.02 Å². The van der Waals surface area contributed by atoms with Gasteiger partial charge >= 0.3 is 0 Å². The molecule has 3 rings (SSSR count). The van der Waals surface area contributed by atoms with Crippen molar-refractivity contribution in [2.24, 2.45) is 0 Å². The monoisotopic (exact) mass is 295 g/mol. The third-order valence-corrected chi connectivity index (χ3v) is 4.14. The number of carbonyl (C=O) groups is 1. The van der Waals surface area contributed by atoms with Crippen molar-refractivity contribution >= 4 is 23.3 Å². The molecule has 0 bridgehead atoms. The third kappa shape index (κ3) is 2.88. The molecule has 0 saturated carbocycles. The summed E-state index contributed by atoms with van der Waals surface area (Å²) in [6.45, 7) is 2.32. The zero-order valence-corrected chi connectivity index (χ0v) is 12.0. The Kier molecular flexibility index (Phi) is 4.08. The topological polar surface area (TPSA) is 54.5 Å². The number of hydrogen-bond donors (Lipinski definition) is 1. The quantitative estimate of drug-likeness (QED) is 0.926. The lowest BCUT2D eigenvalue weighted by atomic mass is 10.1. The molecule has 1 aromatic rings. The molecule has 0 radical (unpaired) electrons. The molecule has 6 heteroatoms. The first-order valence-corrected chi connectivity index (χ1v) is 7.38. The summed E-state index contributed by atoms with van der Waals surface area (Å²) in [6.07, 6.45) is 4.29. The Morgan fingerprint density at radius 3 is 2.80 bits per heavy atom. The van der Waals surface area contributed by atoms with Gasteiger partial charge in [0, 0.05) is 32.0 Å². The lowest BCUT2D eigenvalue weighted by Crippen LogP contribution is -2.43. The van der Waals surface area contributed by atoms with Gasteiger partial charge in [0.15, 0.2) is 0 Å². The Bertz CT molecular complexity index is 474. The number of rotatable bonds is 3. The number of hydrogen-bond acceptors (Lipinski definition) is 4. The third-order valence-electron chi connectivity index (χ3n) is 3.92. The van der Waals surface area contributed by atoms with Crippen LogP contribution < -0.4 is 5.32 Å².